The first-order valence-electron chi connectivity index (χ1n) is 4.59. The van der Waals surface area contributed by atoms with Crippen LogP contribution in [0.15, 0.2) is 12.1 Å². The molecule has 0 unspecified atom stereocenters. The molecule has 0 heterocycles. The zero-order valence-electron chi connectivity index (χ0n) is 9.03. The Balaban J connectivity index is 3.37. The lowest BCUT2D eigenvalue weighted by atomic mass is 9.83. The van der Waals surface area contributed by atoms with E-state index in [0.717, 1.165) is 16.7 Å². The second kappa shape index (κ2) is 3.13. The third-order valence-electron chi connectivity index (χ3n) is 2.30. The second-order valence-corrected chi connectivity index (χ2v) is 4.67. The first kappa shape index (κ1) is 10.2. The van der Waals surface area contributed by atoms with E-state index in [2.05, 4.69) is 26.8 Å². The molecule has 72 valence electrons. The lowest BCUT2D eigenvalue weighted by Crippen LogP contribution is -2.14. The average molecular weight is 180 g/mol. The summed E-state index contributed by atoms with van der Waals surface area (Å²) in [7, 11) is 0. The molecule has 0 bridgehead atoms. The predicted molar refractivity (Wildman–Crippen MR) is 54.6 cm³/mol. The minimum Gasteiger partial charge on any atom is -0.207 e. The maximum Gasteiger partial charge on any atom is 0.126 e. The quantitative estimate of drug-likeness (QED) is 0.570. The molecule has 0 aromatic heterocycles. The van der Waals surface area contributed by atoms with Crippen molar-refractivity contribution in [2.75, 3.05) is 0 Å². The van der Waals surface area contributed by atoms with Gasteiger partial charge in [0.15, 0.2) is 0 Å². The van der Waals surface area contributed by atoms with Crippen LogP contribution in [0.4, 0.5) is 4.39 Å². The van der Waals surface area contributed by atoms with E-state index in [1.54, 1.807) is 6.07 Å². The minimum atomic E-state index is -0.0927. The van der Waals surface area contributed by atoms with Crippen LogP contribution in [0.25, 0.3) is 0 Å². The van der Waals surface area contributed by atoms with E-state index in [9.17, 15) is 4.39 Å². The van der Waals surface area contributed by atoms with Crippen molar-refractivity contribution in [3.8, 4) is 0 Å². The molecule has 0 saturated heterocycles. The first-order valence-corrected chi connectivity index (χ1v) is 4.59. The van der Waals surface area contributed by atoms with Gasteiger partial charge in [0.1, 0.15) is 5.82 Å². The van der Waals surface area contributed by atoms with Gasteiger partial charge in [0, 0.05) is 0 Å². The van der Waals surface area contributed by atoms with Crippen LogP contribution in [-0.2, 0) is 5.41 Å². The van der Waals surface area contributed by atoms with Gasteiger partial charge in [-0.2, -0.15) is 0 Å². The van der Waals surface area contributed by atoms with Gasteiger partial charge in [-0.05, 0) is 42.0 Å². The Morgan fingerprint density at radius 2 is 1.62 bits per heavy atom. The molecule has 0 saturated carbocycles. The fourth-order valence-corrected chi connectivity index (χ4v) is 1.59. The van der Waals surface area contributed by atoms with Crippen molar-refractivity contribution in [1.29, 1.82) is 0 Å². The fourth-order valence-electron chi connectivity index (χ4n) is 1.59. The number of rotatable bonds is 0. The zero-order chi connectivity index (χ0) is 10.2. The van der Waals surface area contributed by atoms with Crippen LogP contribution >= 0.6 is 0 Å². The van der Waals surface area contributed by atoms with E-state index < -0.39 is 0 Å². The van der Waals surface area contributed by atoms with Gasteiger partial charge in [-0.15, -0.1) is 0 Å². The smallest absolute Gasteiger partial charge is 0.126 e. The fraction of sp³-hybridized carbons (Fsp3) is 0.500. The summed E-state index contributed by atoms with van der Waals surface area (Å²) in [5.74, 6) is -0.0927. The van der Waals surface area contributed by atoms with E-state index in [-0.39, 0.29) is 11.2 Å². The van der Waals surface area contributed by atoms with Gasteiger partial charge < -0.3 is 0 Å². The molecule has 1 heteroatoms. The Hall–Kier alpha value is -0.850. The Kier molecular flexibility index (Phi) is 2.47. The number of benzene rings is 1. The Labute approximate surface area is 79.8 Å². The van der Waals surface area contributed by atoms with Gasteiger partial charge in [0.25, 0.3) is 0 Å². The summed E-state index contributed by atoms with van der Waals surface area (Å²) in [4.78, 5) is 0. The third kappa shape index (κ3) is 2.09. The summed E-state index contributed by atoms with van der Waals surface area (Å²) in [6.07, 6.45) is 0. The third-order valence-corrected chi connectivity index (χ3v) is 2.30. The van der Waals surface area contributed by atoms with Crippen LogP contribution in [0.1, 0.15) is 37.5 Å². The van der Waals surface area contributed by atoms with Gasteiger partial charge >= 0.3 is 0 Å². The Morgan fingerprint density at radius 3 is 2.08 bits per heavy atom. The highest BCUT2D eigenvalue weighted by atomic mass is 19.1. The van der Waals surface area contributed by atoms with Crippen molar-refractivity contribution in [2.45, 2.75) is 40.0 Å². The van der Waals surface area contributed by atoms with E-state index in [1.807, 2.05) is 13.8 Å². The van der Waals surface area contributed by atoms with Crippen LogP contribution in [0, 0.1) is 19.7 Å². The summed E-state index contributed by atoms with van der Waals surface area (Å²) in [6.45, 7) is 10.1. The molecule has 0 aliphatic carbocycles. The normalized spacial score (nSPS) is 11.8. The maximum absolute atomic E-state index is 13.4. The van der Waals surface area contributed by atoms with Crippen molar-refractivity contribution in [2.24, 2.45) is 0 Å². The van der Waals surface area contributed by atoms with E-state index in [1.165, 1.54) is 0 Å². The standard InChI is InChI=1S/C12H17F/c1-8-6-10(12(3,4)5)9(2)11(13)7-8/h6-7H,1-5H3. The molecular weight excluding hydrogens is 163 g/mol. The molecule has 0 spiro atoms. The molecule has 0 N–H and O–H groups in total. The summed E-state index contributed by atoms with van der Waals surface area (Å²) >= 11 is 0. The molecule has 0 fully saturated rings. The molecule has 0 radical (unpaired) electrons. The highest BCUT2D eigenvalue weighted by molar-refractivity contribution is 5.36. The molecule has 0 atom stereocenters. The van der Waals surface area contributed by atoms with E-state index in [0.29, 0.717) is 0 Å². The monoisotopic (exact) mass is 180 g/mol. The lowest BCUT2D eigenvalue weighted by Gasteiger charge is -2.22. The van der Waals surface area contributed by atoms with Gasteiger partial charge in [-0.3, -0.25) is 0 Å². The summed E-state index contributed by atoms with van der Waals surface area (Å²) < 4.78 is 13.4. The summed E-state index contributed by atoms with van der Waals surface area (Å²) in [5.41, 5.74) is 2.90. The van der Waals surface area contributed by atoms with Crippen molar-refractivity contribution in [1.82, 2.24) is 0 Å². The van der Waals surface area contributed by atoms with Gasteiger partial charge in [0.2, 0.25) is 0 Å². The average Bonchev–Trinajstić information content (AvgIpc) is 1.94. The van der Waals surface area contributed by atoms with Crippen LogP contribution in [0.2, 0.25) is 0 Å². The number of hydrogen-bond acceptors (Lipinski definition) is 0. The topological polar surface area (TPSA) is 0 Å². The van der Waals surface area contributed by atoms with E-state index in [4.69, 9.17) is 0 Å². The van der Waals surface area contributed by atoms with Crippen molar-refractivity contribution < 1.29 is 4.39 Å². The van der Waals surface area contributed by atoms with E-state index >= 15 is 0 Å². The number of aryl methyl sites for hydroxylation is 1. The van der Waals surface area contributed by atoms with Crippen molar-refractivity contribution in [3.63, 3.8) is 0 Å². The summed E-state index contributed by atoms with van der Waals surface area (Å²) in [5, 5.41) is 0. The molecule has 0 nitrogen and oxygen atoms in total. The highest BCUT2D eigenvalue weighted by Crippen LogP contribution is 2.27. The largest absolute Gasteiger partial charge is 0.207 e. The van der Waals surface area contributed by atoms with Crippen LogP contribution in [0.3, 0.4) is 0 Å². The summed E-state index contributed by atoms with van der Waals surface area (Å²) in [6, 6.07) is 3.66. The molecule has 0 aliphatic rings. The molecule has 0 aliphatic heterocycles. The molecule has 1 aromatic rings. The Morgan fingerprint density at radius 1 is 1.08 bits per heavy atom. The minimum absolute atomic E-state index is 0.0247. The van der Waals surface area contributed by atoms with Crippen LogP contribution < -0.4 is 0 Å². The molecule has 0 amide bonds. The first-order chi connectivity index (χ1) is 5.82. The van der Waals surface area contributed by atoms with Gasteiger partial charge in [-0.25, -0.2) is 4.39 Å². The molecule has 1 rings (SSSR count). The predicted octanol–water partition coefficient (Wildman–Crippen LogP) is 3.74. The molecular formula is C12H17F. The number of hydrogen-bond donors (Lipinski definition) is 0. The van der Waals surface area contributed by atoms with Gasteiger partial charge in [0.05, 0.1) is 0 Å². The zero-order valence-corrected chi connectivity index (χ0v) is 9.03. The second-order valence-electron chi connectivity index (χ2n) is 4.67. The van der Waals surface area contributed by atoms with Gasteiger partial charge in [-0.1, -0.05) is 26.8 Å². The SMILES string of the molecule is Cc1cc(F)c(C)c(C(C)(C)C)c1. The van der Waals surface area contributed by atoms with Crippen molar-refractivity contribution in [3.05, 3.63) is 34.6 Å². The molecule has 13 heavy (non-hydrogen) atoms. The lowest BCUT2D eigenvalue weighted by molar-refractivity contribution is 0.561. The highest BCUT2D eigenvalue weighted by Gasteiger charge is 2.18. The van der Waals surface area contributed by atoms with Crippen molar-refractivity contribution >= 4 is 0 Å². The van der Waals surface area contributed by atoms with Crippen LogP contribution in [0.5, 0.6) is 0 Å². The number of halogens is 1. The maximum atomic E-state index is 13.4. The van der Waals surface area contributed by atoms with Crippen LogP contribution in [-0.4, -0.2) is 0 Å². The Bertz CT molecular complexity index is 319. The molecule has 1 aromatic carbocycles.